The van der Waals surface area contributed by atoms with E-state index >= 15 is 0 Å². The Balaban J connectivity index is 1.47. The molecule has 0 bridgehead atoms. The van der Waals surface area contributed by atoms with Gasteiger partial charge in [-0.3, -0.25) is 14.6 Å². The second-order valence-electron chi connectivity index (χ2n) is 7.59. The highest BCUT2D eigenvalue weighted by molar-refractivity contribution is 6.35. The van der Waals surface area contributed by atoms with E-state index in [9.17, 15) is 14.7 Å². The van der Waals surface area contributed by atoms with Crippen molar-refractivity contribution in [3.05, 3.63) is 101 Å². The number of carbonyl (C=O) groups is 2. The molecular weight excluding hydrogens is 438 g/mol. The second kappa shape index (κ2) is 8.41. The smallest absolute Gasteiger partial charge is 0.257 e. The van der Waals surface area contributed by atoms with Crippen LogP contribution < -0.4 is 10.6 Å². The number of nitrogens with zero attached hydrogens (tertiary/aromatic N) is 1. The van der Waals surface area contributed by atoms with Gasteiger partial charge in [0, 0.05) is 22.2 Å². The molecule has 162 valence electrons. The maximum absolute atomic E-state index is 12.6. The monoisotopic (exact) mass is 455 g/mol. The zero-order valence-electron chi connectivity index (χ0n) is 17.3. The fourth-order valence-corrected chi connectivity index (χ4v) is 4.08. The fraction of sp³-hybridized carbons (Fsp3) is 0.0385. The van der Waals surface area contributed by atoms with Crippen molar-refractivity contribution in [2.75, 3.05) is 17.2 Å². The number of fused-ring (bicyclic) bond motifs is 3. The van der Waals surface area contributed by atoms with Gasteiger partial charge in [0.25, 0.3) is 5.91 Å². The molecule has 1 aliphatic heterocycles. The van der Waals surface area contributed by atoms with Gasteiger partial charge in [-0.05, 0) is 29.7 Å². The van der Waals surface area contributed by atoms with Crippen molar-refractivity contribution in [1.29, 1.82) is 0 Å². The van der Waals surface area contributed by atoms with Crippen LogP contribution >= 0.6 is 11.6 Å². The lowest BCUT2D eigenvalue weighted by molar-refractivity contribution is -0.114. The first-order valence-electron chi connectivity index (χ1n) is 10.3. The van der Waals surface area contributed by atoms with Gasteiger partial charge in [0.1, 0.15) is 12.3 Å². The number of rotatable bonds is 3. The number of phenolic OH excluding ortho intramolecular Hbond substituents is 1. The molecule has 4 aromatic carbocycles. The Morgan fingerprint density at radius 2 is 1.76 bits per heavy atom. The number of halogens is 1. The Morgan fingerprint density at radius 3 is 2.58 bits per heavy atom. The Labute approximate surface area is 194 Å². The van der Waals surface area contributed by atoms with E-state index in [2.05, 4.69) is 15.6 Å². The van der Waals surface area contributed by atoms with E-state index in [1.54, 1.807) is 18.2 Å². The molecule has 0 saturated carbocycles. The van der Waals surface area contributed by atoms with E-state index in [0.717, 1.165) is 27.6 Å². The molecule has 33 heavy (non-hydrogen) atoms. The van der Waals surface area contributed by atoms with E-state index in [4.69, 9.17) is 11.6 Å². The van der Waals surface area contributed by atoms with Crippen LogP contribution in [0.25, 0.3) is 10.8 Å². The minimum atomic E-state index is -0.429. The van der Waals surface area contributed by atoms with Crippen molar-refractivity contribution >= 4 is 51.3 Å². The Hall–Kier alpha value is -4.16. The molecule has 3 N–H and O–H groups in total. The lowest BCUT2D eigenvalue weighted by Crippen LogP contribution is -2.13. The number of carbonyl (C=O) groups excluding carboxylic acids is 2. The van der Waals surface area contributed by atoms with Crippen LogP contribution in [0, 0.1) is 0 Å². The van der Waals surface area contributed by atoms with Crippen molar-refractivity contribution in [3.8, 4) is 5.75 Å². The average molecular weight is 456 g/mol. The molecule has 0 saturated heterocycles. The molecular formula is C26H18ClN3O3. The standard InChI is InChI=1S/C26H18ClN3O3/c27-23-19(6-3-7-21(23)31)26(33)29-17-11-8-16(9-12-17)24-20-13-10-15-4-1-2-5-18(15)25(20)30-22(32)14-28-24/h1-13,31H,14H2,(H,29,33)(H,30,32). The van der Waals surface area contributed by atoms with Gasteiger partial charge in [0.15, 0.2) is 0 Å². The molecule has 1 aliphatic rings. The Morgan fingerprint density at radius 1 is 0.970 bits per heavy atom. The number of nitrogens with one attached hydrogen (secondary N) is 2. The lowest BCUT2D eigenvalue weighted by Gasteiger charge is -2.14. The van der Waals surface area contributed by atoms with Crippen LogP contribution in [-0.2, 0) is 4.79 Å². The zero-order valence-corrected chi connectivity index (χ0v) is 18.1. The summed E-state index contributed by atoms with van der Waals surface area (Å²) in [6.45, 7) is 0.0207. The van der Waals surface area contributed by atoms with Crippen molar-refractivity contribution in [1.82, 2.24) is 0 Å². The molecule has 1 heterocycles. The number of phenols is 1. The van der Waals surface area contributed by atoms with Gasteiger partial charge in [-0.15, -0.1) is 0 Å². The highest BCUT2D eigenvalue weighted by atomic mass is 35.5. The number of amides is 2. The predicted octanol–water partition coefficient (Wildman–Crippen LogP) is 5.24. The summed E-state index contributed by atoms with van der Waals surface area (Å²) < 4.78 is 0. The van der Waals surface area contributed by atoms with Crippen LogP contribution in [0.5, 0.6) is 5.75 Å². The van der Waals surface area contributed by atoms with Gasteiger partial charge < -0.3 is 15.7 Å². The first-order valence-corrected chi connectivity index (χ1v) is 10.6. The van der Waals surface area contributed by atoms with Crippen LogP contribution in [0.3, 0.4) is 0 Å². The first kappa shape index (κ1) is 20.7. The van der Waals surface area contributed by atoms with Crippen molar-refractivity contribution < 1.29 is 14.7 Å². The molecule has 0 spiro atoms. The third-order valence-electron chi connectivity index (χ3n) is 5.47. The van der Waals surface area contributed by atoms with Crippen LogP contribution in [-0.4, -0.2) is 29.2 Å². The fourth-order valence-electron chi connectivity index (χ4n) is 3.87. The molecule has 7 heteroatoms. The van der Waals surface area contributed by atoms with Crippen molar-refractivity contribution in [3.63, 3.8) is 0 Å². The average Bonchev–Trinajstić information content (AvgIpc) is 3.00. The number of hydrogen-bond acceptors (Lipinski definition) is 4. The summed E-state index contributed by atoms with van der Waals surface area (Å²) in [7, 11) is 0. The van der Waals surface area contributed by atoms with E-state index < -0.39 is 5.91 Å². The third kappa shape index (κ3) is 3.92. The number of benzene rings is 4. The van der Waals surface area contributed by atoms with Crippen LogP contribution in [0.1, 0.15) is 21.5 Å². The Bertz CT molecular complexity index is 1450. The predicted molar refractivity (Wildman–Crippen MR) is 131 cm³/mol. The van der Waals surface area contributed by atoms with E-state index in [1.165, 1.54) is 12.1 Å². The second-order valence-corrected chi connectivity index (χ2v) is 7.97. The number of aromatic hydroxyl groups is 1. The summed E-state index contributed by atoms with van der Waals surface area (Å²) in [5.74, 6) is -0.753. The summed E-state index contributed by atoms with van der Waals surface area (Å²) in [5.41, 5.74) is 3.83. The number of anilines is 2. The zero-order chi connectivity index (χ0) is 22.9. The van der Waals surface area contributed by atoms with Gasteiger partial charge in [-0.25, -0.2) is 0 Å². The highest BCUT2D eigenvalue weighted by Gasteiger charge is 2.20. The summed E-state index contributed by atoms with van der Waals surface area (Å²) in [6.07, 6.45) is 0. The molecule has 6 nitrogen and oxygen atoms in total. The number of aliphatic imine (C=N–C) groups is 1. The van der Waals surface area contributed by atoms with Gasteiger partial charge in [-0.2, -0.15) is 0 Å². The molecule has 4 aromatic rings. The molecule has 2 amide bonds. The van der Waals surface area contributed by atoms with E-state index in [0.29, 0.717) is 11.4 Å². The van der Waals surface area contributed by atoms with Gasteiger partial charge in [-0.1, -0.05) is 66.2 Å². The van der Waals surface area contributed by atoms with Crippen LogP contribution in [0.4, 0.5) is 11.4 Å². The normalized spacial score (nSPS) is 13.0. The summed E-state index contributed by atoms with van der Waals surface area (Å²) >= 11 is 6.04. The van der Waals surface area contributed by atoms with Crippen molar-refractivity contribution in [2.24, 2.45) is 4.99 Å². The maximum atomic E-state index is 12.6. The minimum absolute atomic E-state index is 0.000400. The van der Waals surface area contributed by atoms with Crippen molar-refractivity contribution in [2.45, 2.75) is 0 Å². The summed E-state index contributed by atoms with van der Waals surface area (Å²) in [5, 5.41) is 17.5. The topological polar surface area (TPSA) is 90.8 Å². The molecule has 0 fully saturated rings. The van der Waals surface area contributed by atoms with Crippen LogP contribution in [0.2, 0.25) is 5.02 Å². The van der Waals surface area contributed by atoms with E-state index in [-0.39, 0.29) is 28.8 Å². The van der Waals surface area contributed by atoms with Gasteiger partial charge >= 0.3 is 0 Å². The molecule has 0 aromatic heterocycles. The van der Waals surface area contributed by atoms with Crippen LogP contribution in [0.15, 0.2) is 83.9 Å². The van der Waals surface area contributed by atoms with Gasteiger partial charge in [0.2, 0.25) is 5.91 Å². The van der Waals surface area contributed by atoms with Gasteiger partial charge in [0.05, 0.1) is 22.0 Å². The number of hydrogen-bond donors (Lipinski definition) is 3. The molecule has 0 unspecified atom stereocenters. The molecule has 0 radical (unpaired) electrons. The summed E-state index contributed by atoms with van der Waals surface area (Å²) in [4.78, 5) is 29.5. The third-order valence-corrected chi connectivity index (χ3v) is 5.87. The highest BCUT2D eigenvalue weighted by Crippen LogP contribution is 2.32. The maximum Gasteiger partial charge on any atom is 0.257 e. The summed E-state index contributed by atoms with van der Waals surface area (Å²) in [6, 6.07) is 23.5. The molecule has 0 aliphatic carbocycles. The van der Waals surface area contributed by atoms with E-state index in [1.807, 2.05) is 48.5 Å². The lowest BCUT2D eigenvalue weighted by atomic mass is 9.96. The first-order chi connectivity index (χ1) is 16.0. The molecule has 0 atom stereocenters. The SMILES string of the molecule is O=C1CN=C(c2ccc(NC(=O)c3cccc(O)c3Cl)cc2)c2ccc3ccccc3c2N1. The quantitative estimate of drug-likeness (QED) is 0.394. The largest absolute Gasteiger partial charge is 0.506 e. The minimum Gasteiger partial charge on any atom is -0.506 e. The molecule has 5 rings (SSSR count). The Kier molecular flexibility index (Phi) is 5.28.